The Balaban J connectivity index is 1.51. The zero-order chi connectivity index (χ0) is 17.4. The second-order valence-electron chi connectivity index (χ2n) is 6.65. The predicted octanol–water partition coefficient (Wildman–Crippen LogP) is 2.78. The largest absolute Gasteiger partial charge is 0.326 e. The van der Waals surface area contributed by atoms with E-state index in [2.05, 4.69) is 11.4 Å². The predicted molar refractivity (Wildman–Crippen MR) is 95.5 cm³/mol. The molecular weight excluding hydrogens is 336 g/mol. The molecule has 4 rings (SSSR count). The first kappa shape index (κ1) is 16.3. The van der Waals surface area contributed by atoms with Gasteiger partial charge < -0.3 is 5.32 Å². The summed E-state index contributed by atoms with van der Waals surface area (Å²) in [5, 5.41) is 2.83. The molecule has 0 bridgehead atoms. The highest BCUT2D eigenvalue weighted by Crippen LogP contribution is 2.30. The molecule has 1 fully saturated rings. The first-order chi connectivity index (χ1) is 12.0. The molecule has 1 amide bonds. The van der Waals surface area contributed by atoms with E-state index in [1.54, 1.807) is 24.3 Å². The summed E-state index contributed by atoms with van der Waals surface area (Å²) >= 11 is 0. The molecule has 1 aliphatic carbocycles. The zero-order valence-corrected chi connectivity index (χ0v) is 14.6. The summed E-state index contributed by atoms with van der Waals surface area (Å²) in [4.78, 5) is 12.0. The van der Waals surface area contributed by atoms with Crippen LogP contribution >= 0.6 is 0 Å². The van der Waals surface area contributed by atoms with Gasteiger partial charge in [0, 0.05) is 24.7 Å². The van der Waals surface area contributed by atoms with Gasteiger partial charge in [-0.15, -0.1) is 0 Å². The molecule has 0 spiro atoms. The minimum absolute atomic E-state index is 0.0169. The van der Waals surface area contributed by atoms with Gasteiger partial charge in [-0.25, -0.2) is 8.42 Å². The van der Waals surface area contributed by atoms with Crippen molar-refractivity contribution in [3.05, 3.63) is 59.7 Å². The molecule has 1 N–H and O–H groups in total. The van der Waals surface area contributed by atoms with Crippen LogP contribution in [0, 0.1) is 5.92 Å². The molecule has 1 aliphatic heterocycles. The Labute approximate surface area is 147 Å². The van der Waals surface area contributed by atoms with Crippen LogP contribution < -0.4 is 5.32 Å². The molecule has 5 nitrogen and oxygen atoms in total. The minimum Gasteiger partial charge on any atom is -0.326 e. The third kappa shape index (κ3) is 3.32. The van der Waals surface area contributed by atoms with Crippen molar-refractivity contribution in [3.8, 4) is 0 Å². The van der Waals surface area contributed by atoms with Crippen LogP contribution in [0.3, 0.4) is 0 Å². The number of benzene rings is 2. The van der Waals surface area contributed by atoms with Gasteiger partial charge in [0.25, 0.3) is 0 Å². The van der Waals surface area contributed by atoms with Crippen molar-refractivity contribution in [2.45, 2.75) is 30.7 Å². The Morgan fingerprint density at radius 1 is 1.00 bits per heavy atom. The fourth-order valence-corrected chi connectivity index (χ4v) is 4.54. The topological polar surface area (TPSA) is 66.5 Å². The van der Waals surface area contributed by atoms with E-state index in [1.807, 2.05) is 18.2 Å². The van der Waals surface area contributed by atoms with Gasteiger partial charge in [-0.05, 0) is 54.7 Å². The van der Waals surface area contributed by atoms with E-state index >= 15 is 0 Å². The molecule has 0 radical (unpaired) electrons. The molecule has 2 aliphatic rings. The number of hydrogen-bond acceptors (Lipinski definition) is 3. The Kier molecular flexibility index (Phi) is 4.09. The van der Waals surface area contributed by atoms with Crippen LogP contribution in [0.25, 0.3) is 0 Å². The smallest absolute Gasteiger partial charge is 0.243 e. The highest BCUT2D eigenvalue weighted by atomic mass is 32.2. The van der Waals surface area contributed by atoms with E-state index in [0.29, 0.717) is 18.8 Å². The average molecular weight is 356 g/mol. The lowest BCUT2D eigenvalue weighted by molar-refractivity contribution is -0.117. The summed E-state index contributed by atoms with van der Waals surface area (Å²) in [5.41, 5.74) is 2.91. The van der Waals surface area contributed by atoms with Crippen molar-refractivity contribution in [1.82, 2.24) is 4.31 Å². The van der Waals surface area contributed by atoms with Gasteiger partial charge in [-0.3, -0.25) is 4.79 Å². The summed E-state index contributed by atoms with van der Waals surface area (Å²) in [5.74, 6) is 0.139. The lowest BCUT2D eigenvalue weighted by Gasteiger charge is -2.28. The SMILES string of the molecule is O=C(Nc1ccc(S(=O)(=O)N2CCc3ccccc3C2)cc1)C1CC1. The van der Waals surface area contributed by atoms with Crippen LogP contribution in [-0.2, 0) is 27.8 Å². The number of anilines is 1. The minimum atomic E-state index is -3.53. The number of carbonyl (C=O) groups excluding carboxylic acids is 1. The van der Waals surface area contributed by atoms with Crippen molar-refractivity contribution in [3.63, 3.8) is 0 Å². The van der Waals surface area contributed by atoms with Crippen molar-refractivity contribution >= 4 is 21.6 Å². The molecule has 2 aromatic rings. The summed E-state index contributed by atoms with van der Waals surface area (Å²) in [6, 6.07) is 14.4. The highest BCUT2D eigenvalue weighted by Gasteiger charge is 2.30. The molecule has 0 saturated heterocycles. The fraction of sp³-hybridized carbons (Fsp3) is 0.316. The van der Waals surface area contributed by atoms with Crippen LogP contribution in [0.2, 0.25) is 0 Å². The van der Waals surface area contributed by atoms with E-state index in [1.165, 1.54) is 9.87 Å². The summed E-state index contributed by atoms with van der Waals surface area (Å²) in [7, 11) is -3.53. The first-order valence-electron chi connectivity index (χ1n) is 8.52. The Hall–Kier alpha value is -2.18. The maximum absolute atomic E-state index is 12.9. The number of hydrogen-bond donors (Lipinski definition) is 1. The quantitative estimate of drug-likeness (QED) is 0.916. The number of nitrogens with zero attached hydrogens (tertiary/aromatic N) is 1. The van der Waals surface area contributed by atoms with E-state index in [-0.39, 0.29) is 16.7 Å². The zero-order valence-electron chi connectivity index (χ0n) is 13.8. The Morgan fingerprint density at radius 2 is 1.68 bits per heavy atom. The normalized spacial score (nSPS) is 17.8. The molecular formula is C19H20N2O3S. The molecule has 0 atom stereocenters. The third-order valence-electron chi connectivity index (χ3n) is 4.80. The Morgan fingerprint density at radius 3 is 2.36 bits per heavy atom. The summed E-state index contributed by atoms with van der Waals surface area (Å²) in [6.07, 6.45) is 2.61. The molecule has 1 saturated carbocycles. The number of nitrogens with one attached hydrogen (secondary N) is 1. The van der Waals surface area contributed by atoms with Crippen LogP contribution in [0.5, 0.6) is 0 Å². The number of sulfonamides is 1. The van der Waals surface area contributed by atoms with E-state index in [0.717, 1.165) is 24.8 Å². The van der Waals surface area contributed by atoms with Crippen LogP contribution in [-0.4, -0.2) is 25.2 Å². The van der Waals surface area contributed by atoms with Gasteiger partial charge >= 0.3 is 0 Å². The third-order valence-corrected chi connectivity index (χ3v) is 6.66. The molecule has 0 aromatic heterocycles. The van der Waals surface area contributed by atoms with Gasteiger partial charge in [0.1, 0.15) is 0 Å². The van der Waals surface area contributed by atoms with E-state index in [9.17, 15) is 13.2 Å². The number of carbonyl (C=O) groups is 1. The molecule has 2 aromatic carbocycles. The van der Waals surface area contributed by atoms with E-state index < -0.39 is 10.0 Å². The van der Waals surface area contributed by atoms with Crippen LogP contribution in [0.15, 0.2) is 53.4 Å². The van der Waals surface area contributed by atoms with E-state index in [4.69, 9.17) is 0 Å². The van der Waals surface area contributed by atoms with Gasteiger partial charge in [0.05, 0.1) is 4.90 Å². The van der Waals surface area contributed by atoms with Crippen molar-refractivity contribution < 1.29 is 13.2 Å². The van der Waals surface area contributed by atoms with Gasteiger partial charge in [-0.1, -0.05) is 24.3 Å². The number of rotatable bonds is 4. The lowest BCUT2D eigenvalue weighted by Crippen LogP contribution is -2.35. The second kappa shape index (κ2) is 6.28. The molecule has 1 heterocycles. The van der Waals surface area contributed by atoms with Gasteiger partial charge in [0.2, 0.25) is 15.9 Å². The molecule has 6 heteroatoms. The second-order valence-corrected chi connectivity index (χ2v) is 8.58. The molecule has 25 heavy (non-hydrogen) atoms. The van der Waals surface area contributed by atoms with Gasteiger partial charge in [0.15, 0.2) is 0 Å². The standard InChI is InChI=1S/C19H20N2O3S/c22-19(15-5-6-15)20-17-7-9-18(10-8-17)25(23,24)21-12-11-14-3-1-2-4-16(14)13-21/h1-4,7-10,15H,5-6,11-13H2,(H,20,22). The monoisotopic (exact) mass is 356 g/mol. The molecule has 0 unspecified atom stereocenters. The highest BCUT2D eigenvalue weighted by molar-refractivity contribution is 7.89. The van der Waals surface area contributed by atoms with Crippen LogP contribution in [0.1, 0.15) is 24.0 Å². The fourth-order valence-electron chi connectivity index (χ4n) is 3.12. The van der Waals surface area contributed by atoms with Gasteiger partial charge in [-0.2, -0.15) is 4.31 Å². The van der Waals surface area contributed by atoms with Crippen molar-refractivity contribution in [2.75, 3.05) is 11.9 Å². The average Bonchev–Trinajstić information content (AvgIpc) is 3.47. The summed E-state index contributed by atoms with van der Waals surface area (Å²) < 4.78 is 27.3. The van der Waals surface area contributed by atoms with Crippen LogP contribution in [0.4, 0.5) is 5.69 Å². The Bertz CT molecular complexity index is 903. The number of fused-ring (bicyclic) bond motifs is 1. The first-order valence-corrected chi connectivity index (χ1v) is 9.96. The van der Waals surface area contributed by atoms with Crippen molar-refractivity contribution in [2.24, 2.45) is 5.92 Å². The lowest BCUT2D eigenvalue weighted by atomic mass is 10.0. The number of amides is 1. The maximum Gasteiger partial charge on any atom is 0.243 e. The summed E-state index contributed by atoms with van der Waals surface area (Å²) in [6.45, 7) is 0.887. The maximum atomic E-state index is 12.9. The van der Waals surface area contributed by atoms with Crippen molar-refractivity contribution in [1.29, 1.82) is 0 Å². The molecule has 130 valence electrons.